The van der Waals surface area contributed by atoms with E-state index in [9.17, 15) is 0 Å². The van der Waals surface area contributed by atoms with Crippen LogP contribution in [0.4, 0.5) is 0 Å². The molecule has 2 aliphatic rings. The monoisotopic (exact) mass is 712 g/mol. The number of fused-ring (bicyclic) bond motifs is 15. The van der Waals surface area contributed by atoms with Crippen molar-refractivity contribution < 1.29 is 4.74 Å². The van der Waals surface area contributed by atoms with Crippen molar-refractivity contribution in [3.63, 3.8) is 0 Å². The van der Waals surface area contributed by atoms with Crippen LogP contribution in [0, 0.1) is 0 Å². The lowest BCUT2D eigenvalue weighted by molar-refractivity contribution is 0.435. The van der Waals surface area contributed by atoms with Crippen LogP contribution in [0.15, 0.2) is 194 Å². The van der Waals surface area contributed by atoms with E-state index in [1.807, 2.05) is 0 Å². The fraction of sp³-hybridized carbons (Fsp3) is 0.0189. The molecule has 1 unspecified atom stereocenters. The Balaban J connectivity index is 1.13. The normalized spacial score (nSPS) is 15.4. The van der Waals surface area contributed by atoms with Gasteiger partial charge < -0.3 is 13.9 Å². The molecule has 1 atom stereocenters. The van der Waals surface area contributed by atoms with Gasteiger partial charge in [0.25, 0.3) is 0 Å². The van der Waals surface area contributed by atoms with Gasteiger partial charge in [0.05, 0.1) is 33.2 Å². The predicted octanol–water partition coefficient (Wildman–Crippen LogP) is 13.5. The zero-order valence-corrected chi connectivity index (χ0v) is 30.3. The summed E-state index contributed by atoms with van der Waals surface area (Å²) in [6.45, 7) is 0. The Morgan fingerprint density at radius 1 is 0.375 bits per heavy atom. The molecule has 3 nitrogen and oxygen atoms in total. The summed E-state index contributed by atoms with van der Waals surface area (Å²) in [7, 11) is 0. The van der Waals surface area contributed by atoms with Crippen molar-refractivity contribution in [2.24, 2.45) is 0 Å². The molecule has 260 valence electrons. The molecular weight excluding hydrogens is 681 g/mol. The van der Waals surface area contributed by atoms with Gasteiger partial charge in [-0.1, -0.05) is 146 Å². The lowest BCUT2D eigenvalue weighted by Gasteiger charge is -2.45. The van der Waals surface area contributed by atoms with E-state index in [2.05, 4.69) is 203 Å². The number of nitrogens with zero attached hydrogens (tertiary/aromatic N) is 2. The fourth-order valence-electron chi connectivity index (χ4n) is 10.3. The first-order valence-corrected chi connectivity index (χ1v) is 19.4. The second-order valence-corrected chi connectivity index (χ2v) is 15.2. The maximum absolute atomic E-state index is 7.02. The zero-order chi connectivity index (χ0) is 36.5. The maximum Gasteiger partial charge on any atom is 0.133 e. The van der Waals surface area contributed by atoms with E-state index in [4.69, 9.17) is 4.74 Å². The first-order chi connectivity index (χ1) is 27.8. The second kappa shape index (κ2) is 10.9. The summed E-state index contributed by atoms with van der Waals surface area (Å²) in [5.74, 6) is 1.78. The lowest BCUT2D eigenvalue weighted by Crippen LogP contribution is -2.37. The van der Waals surface area contributed by atoms with Crippen molar-refractivity contribution in [3.05, 3.63) is 216 Å². The highest BCUT2D eigenvalue weighted by atomic mass is 16.5. The third kappa shape index (κ3) is 3.72. The van der Waals surface area contributed by atoms with Crippen molar-refractivity contribution in [3.8, 4) is 34.0 Å². The standard InChI is InChI=1S/C53H32N2O/c1-2-15-36-33(13-1)14-11-18-37(36)34-27-29-35(30-28-34)54-46-23-7-4-17-39(46)41-31-51-45(32-49(41)54)53(43-21-6-10-26-50(43)56-51)42-20-5-9-25-48(42)55-47-24-8-3-16-38(47)40-19-12-22-44(53)52(40)55/h1-32H. The average molecular weight is 713 g/mol. The number of aromatic nitrogens is 2. The van der Waals surface area contributed by atoms with E-state index < -0.39 is 5.41 Å². The van der Waals surface area contributed by atoms with Crippen molar-refractivity contribution in [1.29, 1.82) is 0 Å². The molecule has 0 bridgehead atoms. The van der Waals surface area contributed by atoms with Crippen LogP contribution in [-0.2, 0) is 5.41 Å². The van der Waals surface area contributed by atoms with Crippen molar-refractivity contribution in [2.45, 2.75) is 5.41 Å². The topological polar surface area (TPSA) is 19.1 Å². The molecule has 0 saturated carbocycles. The van der Waals surface area contributed by atoms with E-state index in [-0.39, 0.29) is 0 Å². The van der Waals surface area contributed by atoms with Gasteiger partial charge in [-0.05, 0) is 81.6 Å². The SMILES string of the molecule is c1ccc2c(c1)Oc1cc3c4ccccc4n(-c4ccc(-c5cccc6ccccc56)cc4)c3cc1C21c2ccccc2-n2c3ccccc3c3cccc1c32. The highest BCUT2D eigenvalue weighted by Gasteiger charge is 2.50. The number of hydrogen-bond acceptors (Lipinski definition) is 1. The highest BCUT2D eigenvalue weighted by molar-refractivity contribution is 6.13. The minimum atomic E-state index is -0.641. The van der Waals surface area contributed by atoms with Crippen LogP contribution in [-0.4, -0.2) is 9.13 Å². The van der Waals surface area contributed by atoms with E-state index in [1.165, 1.54) is 76.8 Å². The Kier molecular flexibility index (Phi) is 5.83. The Morgan fingerprint density at radius 3 is 1.86 bits per heavy atom. The third-order valence-electron chi connectivity index (χ3n) is 12.6. The second-order valence-electron chi connectivity index (χ2n) is 15.2. The smallest absolute Gasteiger partial charge is 0.133 e. The summed E-state index contributed by atoms with van der Waals surface area (Å²) in [6.07, 6.45) is 0. The van der Waals surface area contributed by atoms with E-state index in [0.29, 0.717) is 0 Å². The van der Waals surface area contributed by atoms with Crippen LogP contribution >= 0.6 is 0 Å². The number of hydrogen-bond donors (Lipinski definition) is 0. The van der Waals surface area contributed by atoms with Crippen LogP contribution in [0.5, 0.6) is 11.5 Å². The molecule has 11 aromatic rings. The maximum atomic E-state index is 7.02. The number of rotatable bonds is 2. The molecule has 2 aliphatic heterocycles. The molecule has 0 radical (unpaired) electrons. The summed E-state index contributed by atoms with van der Waals surface area (Å²) >= 11 is 0. The molecule has 0 N–H and O–H groups in total. The van der Waals surface area contributed by atoms with E-state index >= 15 is 0 Å². The summed E-state index contributed by atoms with van der Waals surface area (Å²) in [6, 6.07) is 71.2. The minimum absolute atomic E-state index is 0.641. The van der Waals surface area contributed by atoms with Gasteiger partial charge >= 0.3 is 0 Å². The molecule has 9 aromatic carbocycles. The summed E-state index contributed by atoms with van der Waals surface area (Å²) in [5, 5.41) is 7.41. The molecular formula is C53H32N2O. The number of ether oxygens (including phenoxy) is 1. The average Bonchev–Trinajstić information content (AvgIpc) is 3.77. The van der Waals surface area contributed by atoms with Gasteiger partial charge in [0.1, 0.15) is 11.5 Å². The Hall–Kier alpha value is -7.36. The van der Waals surface area contributed by atoms with Gasteiger partial charge in [-0.3, -0.25) is 0 Å². The Labute approximate surface area is 322 Å². The van der Waals surface area contributed by atoms with Gasteiger partial charge in [0, 0.05) is 38.4 Å². The lowest BCUT2D eigenvalue weighted by atomic mass is 9.61. The van der Waals surface area contributed by atoms with Gasteiger partial charge in [-0.2, -0.15) is 0 Å². The largest absolute Gasteiger partial charge is 0.457 e. The first-order valence-electron chi connectivity index (χ1n) is 19.4. The summed E-state index contributed by atoms with van der Waals surface area (Å²) < 4.78 is 12.0. The molecule has 13 rings (SSSR count). The minimum Gasteiger partial charge on any atom is -0.457 e. The van der Waals surface area contributed by atoms with Gasteiger partial charge in [0.2, 0.25) is 0 Å². The highest BCUT2D eigenvalue weighted by Crippen LogP contribution is 2.61. The van der Waals surface area contributed by atoms with E-state index in [0.717, 1.165) is 33.8 Å². The van der Waals surface area contributed by atoms with E-state index in [1.54, 1.807) is 0 Å². The summed E-state index contributed by atoms with van der Waals surface area (Å²) in [4.78, 5) is 0. The molecule has 4 heterocycles. The van der Waals surface area contributed by atoms with Crippen LogP contribution in [0.1, 0.15) is 22.3 Å². The van der Waals surface area contributed by atoms with Crippen LogP contribution in [0.3, 0.4) is 0 Å². The number of para-hydroxylation sites is 5. The molecule has 1 spiro atoms. The Bertz CT molecular complexity index is 3450. The third-order valence-corrected chi connectivity index (χ3v) is 12.6. The predicted molar refractivity (Wildman–Crippen MR) is 230 cm³/mol. The zero-order valence-electron chi connectivity index (χ0n) is 30.3. The van der Waals surface area contributed by atoms with Crippen LogP contribution < -0.4 is 4.74 Å². The van der Waals surface area contributed by atoms with Crippen LogP contribution in [0.25, 0.3) is 76.9 Å². The molecule has 2 aromatic heterocycles. The van der Waals surface area contributed by atoms with Crippen molar-refractivity contribution in [2.75, 3.05) is 0 Å². The van der Waals surface area contributed by atoms with Gasteiger partial charge in [0.15, 0.2) is 0 Å². The van der Waals surface area contributed by atoms with Crippen molar-refractivity contribution >= 4 is 54.4 Å². The molecule has 56 heavy (non-hydrogen) atoms. The van der Waals surface area contributed by atoms with Crippen molar-refractivity contribution in [1.82, 2.24) is 9.13 Å². The Morgan fingerprint density at radius 2 is 1.00 bits per heavy atom. The van der Waals surface area contributed by atoms with Gasteiger partial charge in [-0.25, -0.2) is 0 Å². The summed E-state index contributed by atoms with van der Waals surface area (Å²) in [5.41, 5.74) is 13.7. The quantitative estimate of drug-likeness (QED) is 0.175. The fourth-order valence-corrected chi connectivity index (χ4v) is 10.3. The van der Waals surface area contributed by atoms with Crippen LogP contribution in [0.2, 0.25) is 0 Å². The molecule has 3 heteroatoms. The molecule has 0 saturated heterocycles. The molecule has 0 fully saturated rings. The number of benzene rings is 9. The molecule has 0 aliphatic carbocycles. The first kappa shape index (κ1) is 30.0. The molecule has 0 amide bonds. The van der Waals surface area contributed by atoms with Gasteiger partial charge in [-0.15, -0.1) is 0 Å².